The summed E-state index contributed by atoms with van der Waals surface area (Å²) in [6.07, 6.45) is 3.25. The van der Waals surface area contributed by atoms with Crippen LogP contribution in [0.25, 0.3) is 0 Å². The summed E-state index contributed by atoms with van der Waals surface area (Å²) < 4.78 is 5.71. The highest BCUT2D eigenvalue weighted by Crippen LogP contribution is 2.23. The van der Waals surface area contributed by atoms with E-state index in [9.17, 15) is 0 Å². The predicted molar refractivity (Wildman–Crippen MR) is 86.7 cm³/mol. The van der Waals surface area contributed by atoms with Crippen molar-refractivity contribution in [2.45, 2.75) is 32.2 Å². The summed E-state index contributed by atoms with van der Waals surface area (Å²) in [7, 11) is 2.03. The molecule has 0 aliphatic heterocycles. The molecule has 0 aliphatic carbocycles. The Hall–Kier alpha value is -1.32. The fourth-order valence-corrected chi connectivity index (χ4v) is 2.97. The first kappa shape index (κ1) is 15.1. The van der Waals surface area contributed by atoms with E-state index in [-0.39, 0.29) is 0 Å². The summed E-state index contributed by atoms with van der Waals surface area (Å²) in [5.74, 6) is 0.972. The molecule has 0 aliphatic rings. The van der Waals surface area contributed by atoms with Crippen LogP contribution in [0, 0.1) is 0 Å². The monoisotopic (exact) mass is 289 g/mol. The van der Waals surface area contributed by atoms with Crippen LogP contribution < -0.4 is 10.1 Å². The van der Waals surface area contributed by atoms with Gasteiger partial charge in [-0.3, -0.25) is 0 Å². The van der Waals surface area contributed by atoms with Gasteiger partial charge >= 0.3 is 0 Å². The third kappa shape index (κ3) is 4.36. The maximum absolute atomic E-state index is 5.71. The van der Waals surface area contributed by atoms with Crippen molar-refractivity contribution in [3.63, 3.8) is 0 Å². The van der Waals surface area contributed by atoms with E-state index < -0.39 is 0 Å². The van der Waals surface area contributed by atoms with Gasteiger partial charge in [0.25, 0.3) is 0 Å². The van der Waals surface area contributed by atoms with Gasteiger partial charge in [-0.25, -0.2) is 0 Å². The van der Waals surface area contributed by atoms with Crippen LogP contribution in [0.1, 0.15) is 36.9 Å². The molecule has 0 spiro atoms. The van der Waals surface area contributed by atoms with Crippen LogP contribution in [0.3, 0.4) is 0 Å². The average Bonchev–Trinajstić information content (AvgIpc) is 2.99. The Kier molecular flexibility index (Phi) is 6.09. The molecule has 1 unspecified atom stereocenters. The van der Waals surface area contributed by atoms with Crippen molar-refractivity contribution in [3.05, 3.63) is 52.2 Å². The number of aryl methyl sites for hydroxylation is 1. The minimum atomic E-state index is 0.375. The van der Waals surface area contributed by atoms with Gasteiger partial charge in [-0.1, -0.05) is 19.1 Å². The highest BCUT2D eigenvalue weighted by Gasteiger charge is 2.10. The Balaban J connectivity index is 1.99. The zero-order valence-corrected chi connectivity index (χ0v) is 13.1. The second-order valence-corrected chi connectivity index (χ2v) is 5.71. The lowest BCUT2D eigenvalue weighted by Gasteiger charge is -2.17. The largest absolute Gasteiger partial charge is 0.494 e. The minimum Gasteiger partial charge on any atom is -0.494 e. The first-order chi connectivity index (χ1) is 9.83. The molecule has 1 heterocycles. The van der Waals surface area contributed by atoms with Crippen LogP contribution >= 0.6 is 11.3 Å². The van der Waals surface area contributed by atoms with Crippen molar-refractivity contribution in [2.75, 3.05) is 13.7 Å². The fourth-order valence-electron chi connectivity index (χ4n) is 2.26. The first-order valence-corrected chi connectivity index (χ1v) is 8.19. The summed E-state index contributed by atoms with van der Waals surface area (Å²) in [6, 6.07) is 11.0. The smallest absolute Gasteiger partial charge is 0.119 e. The fraction of sp³-hybridized carbons (Fsp3) is 0.412. The lowest BCUT2D eigenvalue weighted by molar-refractivity contribution is 0.316. The second-order valence-electron chi connectivity index (χ2n) is 4.93. The molecule has 0 bridgehead atoms. The van der Waals surface area contributed by atoms with Gasteiger partial charge < -0.3 is 10.1 Å². The van der Waals surface area contributed by atoms with E-state index in [2.05, 4.69) is 47.3 Å². The van der Waals surface area contributed by atoms with Gasteiger partial charge in [0.2, 0.25) is 0 Å². The third-order valence-electron chi connectivity index (χ3n) is 3.38. The molecule has 1 N–H and O–H groups in total. The highest BCUT2D eigenvalue weighted by molar-refractivity contribution is 7.07. The summed E-state index contributed by atoms with van der Waals surface area (Å²) in [5, 5.41) is 7.78. The van der Waals surface area contributed by atoms with E-state index in [4.69, 9.17) is 4.74 Å². The number of rotatable bonds is 8. The number of thiophene rings is 1. The maximum Gasteiger partial charge on any atom is 0.119 e. The summed E-state index contributed by atoms with van der Waals surface area (Å²) in [5.41, 5.74) is 2.73. The quantitative estimate of drug-likeness (QED) is 0.776. The van der Waals surface area contributed by atoms with Gasteiger partial charge in [0.05, 0.1) is 6.61 Å². The van der Waals surface area contributed by atoms with Crippen molar-refractivity contribution in [1.82, 2.24) is 5.32 Å². The van der Waals surface area contributed by atoms with Crippen LogP contribution in [-0.2, 0) is 6.42 Å². The second kappa shape index (κ2) is 8.08. The normalized spacial score (nSPS) is 12.3. The topological polar surface area (TPSA) is 21.3 Å². The molecule has 0 radical (unpaired) electrons. The molecular weight excluding hydrogens is 266 g/mol. The number of hydrogen-bond donors (Lipinski definition) is 1. The van der Waals surface area contributed by atoms with E-state index in [1.165, 1.54) is 11.1 Å². The molecule has 108 valence electrons. The molecule has 1 aromatic carbocycles. The van der Waals surface area contributed by atoms with E-state index in [1.54, 1.807) is 11.3 Å². The molecule has 2 rings (SSSR count). The lowest BCUT2D eigenvalue weighted by atomic mass is 10.00. The van der Waals surface area contributed by atoms with Gasteiger partial charge in [-0.15, -0.1) is 0 Å². The van der Waals surface area contributed by atoms with Crippen LogP contribution in [0.15, 0.2) is 41.1 Å². The first-order valence-electron chi connectivity index (χ1n) is 7.24. The third-order valence-corrected chi connectivity index (χ3v) is 4.12. The van der Waals surface area contributed by atoms with Crippen LogP contribution in [-0.4, -0.2) is 13.7 Å². The molecule has 20 heavy (non-hydrogen) atoms. The van der Waals surface area contributed by atoms with Crippen molar-refractivity contribution < 1.29 is 4.74 Å². The van der Waals surface area contributed by atoms with Crippen LogP contribution in [0.2, 0.25) is 0 Å². The lowest BCUT2D eigenvalue weighted by Crippen LogP contribution is -2.17. The van der Waals surface area contributed by atoms with E-state index in [1.807, 2.05) is 13.1 Å². The van der Waals surface area contributed by atoms with E-state index >= 15 is 0 Å². The molecule has 0 amide bonds. The Labute approximate surface area is 125 Å². The average molecular weight is 289 g/mol. The van der Waals surface area contributed by atoms with Crippen LogP contribution in [0.5, 0.6) is 5.75 Å². The zero-order chi connectivity index (χ0) is 14.2. The SMILES string of the molecule is CCCOc1cccc(C(CCc2ccsc2)NC)c1. The number of ether oxygens (including phenoxy) is 1. The number of hydrogen-bond acceptors (Lipinski definition) is 3. The Morgan fingerprint density at radius 2 is 2.20 bits per heavy atom. The highest BCUT2D eigenvalue weighted by atomic mass is 32.1. The molecule has 0 saturated heterocycles. The van der Waals surface area contributed by atoms with Crippen molar-refractivity contribution >= 4 is 11.3 Å². The number of nitrogens with one attached hydrogen (secondary N) is 1. The van der Waals surface area contributed by atoms with Gasteiger partial charge in [0.15, 0.2) is 0 Å². The van der Waals surface area contributed by atoms with Crippen molar-refractivity contribution in [3.8, 4) is 5.75 Å². The Morgan fingerprint density at radius 1 is 1.30 bits per heavy atom. The molecule has 3 heteroatoms. The summed E-state index contributed by atoms with van der Waals surface area (Å²) in [6.45, 7) is 2.91. The van der Waals surface area contributed by atoms with E-state index in [0.29, 0.717) is 6.04 Å². The molecular formula is C17H23NOS. The van der Waals surface area contributed by atoms with Gasteiger partial charge in [-0.2, -0.15) is 11.3 Å². The summed E-state index contributed by atoms with van der Waals surface area (Å²) in [4.78, 5) is 0. The minimum absolute atomic E-state index is 0.375. The molecule has 1 atom stereocenters. The van der Waals surface area contributed by atoms with Gasteiger partial charge in [-0.05, 0) is 66.4 Å². The van der Waals surface area contributed by atoms with E-state index in [0.717, 1.165) is 31.6 Å². The standard InChI is InChI=1S/C17H23NOS/c1-3-10-19-16-6-4-5-15(12-16)17(18-2)8-7-14-9-11-20-13-14/h4-6,9,11-13,17-18H,3,7-8,10H2,1-2H3. The van der Waals surface area contributed by atoms with Gasteiger partial charge in [0.1, 0.15) is 5.75 Å². The van der Waals surface area contributed by atoms with Gasteiger partial charge in [0, 0.05) is 6.04 Å². The Bertz CT molecular complexity index is 495. The molecule has 0 saturated carbocycles. The zero-order valence-electron chi connectivity index (χ0n) is 12.3. The maximum atomic E-state index is 5.71. The molecule has 0 fully saturated rings. The number of benzene rings is 1. The molecule has 2 aromatic rings. The van der Waals surface area contributed by atoms with Crippen molar-refractivity contribution in [2.24, 2.45) is 0 Å². The van der Waals surface area contributed by atoms with Crippen molar-refractivity contribution in [1.29, 1.82) is 0 Å². The Morgan fingerprint density at radius 3 is 2.90 bits per heavy atom. The molecule has 1 aromatic heterocycles. The molecule has 2 nitrogen and oxygen atoms in total. The summed E-state index contributed by atoms with van der Waals surface area (Å²) >= 11 is 1.77. The predicted octanol–water partition coefficient (Wildman–Crippen LogP) is 4.43. The van der Waals surface area contributed by atoms with Crippen LogP contribution in [0.4, 0.5) is 0 Å².